The Bertz CT molecular complexity index is 916. The summed E-state index contributed by atoms with van der Waals surface area (Å²) in [5.74, 6) is 1.26. The first-order chi connectivity index (χ1) is 14.0. The molecule has 2 aliphatic heterocycles. The van der Waals surface area contributed by atoms with Crippen LogP contribution in [0, 0.1) is 5.92 Å². The smallest absolute Gasteiger partial charge is 0.412 e. The topological polar surface area (TPSA) is 89.1 Å². The highest BCUT2D eigenvalue weighted by Crippen LogP contribution is 2.62. The SMILES string of the molecule is CNC(=O)Oc1ccc2c3c1O[C@H]1[C@@H](OC(=O)NC)C=C[C@H]4[C@@H](C2)N(C)CC[C@@]341. The van der Waals surface area contributed by atoms with Crippen molar-refractivity contribution in [3.8, 4) is 11.5 Å². The van der Waals surface area contributed by atoms with E-state index in [9.17, 15) is 9.59 Å². The number of alkyl carbamates (subject to hydrolysis) is 1. The van der Waals surface area contributed by atoms with Crippen LogP contribution in [0.25, 0.3) is 0 Å². The number of benzene rings is 1. The summed E-state index contributed by atoms with van der Waals surface area (Å²) in [4.78, 5) is 26.3. The van der Waals surface area contributed by atoms with Crippen molar-refractivity contribution < 1.29 is 23.8 Å². The minimum absolute atomic E-state index is 0.250. The number of ether oxygens (including phenoxy) is 3. The van der Waals surface area contributed by atoms with Crippen molar-refractivity contribution in [1.29, 1.82) is 0 Å². The zero-order valence-electron chi connectivity index (χ0n) is 16.7. The van der Waals surface area contributed by atoms with Gasteiger partial charge in [-0.3, -0.25) is 0 Å². The van der Waals surface area contributed by atoms with Gasteiger partial charge >= 0.3 is 12.2 Å². The van der Waals surface area contributed by atoms with E-state index >= 15 is 0 Å². The molecule has 1 fully saturated rings. The molecule has 0 unspecified atom stereocenters. The minimum atomic E-state index is -0.540. The largest absolute Gasteiger partial charge is 0.481 e. The van der Waals surface area contributed by atoms with Crippen molar-refractivity contribution in [3.05, 3.63) is 35.4 Å². The number of nitrogens with one attached hydrogen (secondary N) is 2. The average molecular weight is 399 g/mol. The summed E-state index contributed by atoms with van der Waals surface area (Å²) in [7, 11) is 5.23. The average Bonchev–Trinajstić information content (AvgIpc) is 3.08. The maximum atomic E-state index is 12.0. The molecule has 2 heterocycles. The molecule has 8 heteroatoms. The van der Waals surface area contributed by atoms with E-state index < -0.39 is 18.3 Å². The van der Waals surface area contributed by atoms with Gasteiger partial charge in [0.25, 0.3) is 0 Å². The molecule has 0 aromatic heterocycles. The second-order valence-corrected chi connectivity index (χ2v) is 8.18. The molecule has 5 rings (SSSR count). The van der Waals surface area contributed by atoms with E-state index in [0.717, 1.165) is 24.9 Å². The third-order valence-corrected chi connectivity index (χ3v) is 6.97. The Morgan fingerprint density at radius 2 is 2.00 bits per heavy atom. The summed E-state index contributed by atoms with van der Waals surface area (Å²) < 4.78 is 17.6. The number of piperidine rings is 1. The molecule has 0 radical (unpaired) electrons. The van der Waals surface area contributed by atoms with Gasteiger partial charge in [0.2, 0.25) is 0 Å². The number of amides is 2. The van der Waals surface area contributed by atoms with Gasteiger partial charge in [0.15, 0.2) is 17.6 Å². The van der Waals surface area contributed by atoms with Crippen molar-refractivity contribution >= 4 is 12.2 Å². The Morgan fingerprint density at radius 3 is 2.76 bits per heavy atom. The Hall–Kier alpha value is -2.74. The first-order valence-corrected chi connectivity index (χ1v) is 9.99. The van der Waals surface area contributed by atoms with Gasteiger partial charge in [-0.05, 0) is 44.1 Å². The van der Waals surface area contributed by atoms with Crippen molar-refractivity contribution in [2.75, 3.05) is 27.7 Å². The van der Waals surface area contributed by atoms with Crippen LogP contribution in [-0.4, -0.2) is 63.0 Å². The minimum Gasteiger partial charge on any atom is -0.481 e. The third kappa shape index (κ3) is 2.41. The molecule has 29 heavy (non-hydrogen) atoms. The summed E-state index contributed by atoms with van der Waals surface area (Å²) in [6.45, 7) is 0.932. The lowest BCUT2D eigenvalue weighted by Crippen LogP contribution is -2.65. The quantitative estimate of drug-likeness (QED) is 0.734. The van der Waals surface area contributed by atoms with E-state index in [1.165, 1.54) is 12.6 Å². The zero-order chi connectivity index (χ0) is 20.3. The zero-order valence-corrected chi connectivity index (χ0v) is 16.7. The first kappa shape index (κ1) is 18.3. The van der Waals surface area contributed by atoms with E-state index in [0.29, 0.717) is 17.5 Å². The lowest BCUT2D eigenvalue weighted by atomic mass is 9.53. The monoisotopic (exact) mass is 399 g/mol. The van der Waals surface area contributed by atoms with Gasteiger partial charge in [0, 0.05) is 37.0 Å². The van der Waals surface area contributed by atoms with Crippen LogP contribution < -0.4 is 20.1 Å². The predicted molar refractivity (Wildman–Crippen MR) is 104 cm³/mol. The second kappa shape index (κ2) is 6.38. The number of carbonyl (C=O) groups excluding carboxylic acids is 2. The number of carbonyl (C=O) groups is 2. The summed E-state index contributed by atoms with van der Waals surface area (Å²) in [6, 6.07) is 4.20. The van der Waals surface area contributed by atoms with Crippen LogP contribution in [0.1, 0.15) is 17.5 Å². The van der Waals surface area contributed by atoms with Gasteiger partial charge in [-0.25, -0.2) is 9.59 Å². The van der Waals surface area contributed by atoms with Crippen LogP contribution in [0.5, 0.6) is 11.5 Å². The molecule has 2 aliphatic carbocycles. The van der Waals surface area contributed by atoms with Gasteiger partial charge in [0.05, 0.1) is 0 Å². The molecule has 154 valence electrons. The lowest BCUT2D eigenvalue weighted by molar-refractivity contribution is -0.0493. The highest BCUT2D eigenvalue weighted by atomic mass is 16.6. The number of likely N-dealkylation sites (N-methyl/N-ethyl adjacent to an activating group) is 1. The van der Waals surface area contributed by atoms with Gasteiger partial charge in [-0.1, -0.05) is 12.1 Å². The van der Waals surface area contributed by atoms with Gasteiger partial charge < -0.3 is 29.7 Å². The molecule has 0 saturated carbocycles. The van der Waals surface area contributed by atoms with Crippen molar-refractivity contribution in [2.24, 2.45) is 5.92 Å². The van der Waals surface area contributed by atoms with E-state index in [1.54, 1.807) is 13.1 Å². The van der Waals surface area contributed by atoms with E-state index in [1.807, 2.05) is 12.1 Å². The summed E-state index contributed by atoms with van der Waals surface area (Å²) in [5, 5.41) is 5.00. The van der Waals surface area contributed by atoms with E-state index in [2.05, 4.69) is 28.7 Å². The molecule has 2 N–H and O–H groups in total. The normalized spacial score (nSPS) is 33.3. The fourth-order valence-corrected chi connectivity index (χ4v) is 5.72. The maximum absolute atomic E-state index is 12.0. The van der Waals surface area contributed by atoms with Crippen molar-refractivity contribution in [2.45, 2.75) is 36.5 Å². The molecule has 2 amide bonds. The van der Waals surface area contributed by atoms with E-state index in [-0.39, 0.29) is 17.4 Å². The predicted octanol–water partition coefficient (Wildman–Crippen LogP) is 1.57. The highest BCUT2D eigenvalue weighted by molar-refractivity contribution is 5.73. The first-order valence-electron chi connectivity index (χ1n) is 9.99. The summed E-state index contributed by atoms with van der Waals surface area (Å²) in [6.07, 6.45) is 4.04. The Balaban J connectivity index is 1.66. The van der Waals surface area contributed by atoms with Gasteiger partial charge in [0.1, 0.15) is 6.10 Å². The van der Waals surface area contributed by atoms with Crippen LogP contribution in [0.15, 0.2) is 24.3 Å². The van der Waals surface area contributed by atoms with E-state index in [4.69, 9.17) is 14.2 Å². The Morgan fingerprint density at radius 1 is 1.21 bits per heavy atom. The number of nitrogens with zero attached hydrogens (tertiary/aromatic N) is 1. The van der Waals surface area contributed by atoms with Crippen LogP contribution in [0.2, 0.25) is 0 Å². The Labute approximate surface area is 169 Å². The van der Waals surface area contributed by atoms with Crippen molar-refractivity contribution in [3.63, 3.8) is 0 Å². The molecule has 2 bridgehead atoms. The molecule has 1 aromatic carbocycles. The standard InChI is InChI=1S/C21H25N3O5/c1-22-19(25)27-14-6-4-11-10-13-12-5-7-15(28-20(26)23-2)18-21(12,8-9-24(13)3)16(11)17(14)29-18/h4-7,12-13,15,18H,8-10H2,1-3H3,(H,22,25)(H,23,26)/t12-,13+,15-,18-,21-/m0/s1. The number of likely N-dealkylation sites (tertiary alicyclic amines) is 1. The van der Waals surface area contributed by atoms with Crippen LogP contribution in [-0.2, 0) is 16.6 Å². The molecule has 5 atom stereocenters. The second-order valence-electron chi connectivity index (χ2n) is 8.18. The molecular weight excluding hydrogens is 374 g/mol. The maximum Gasteiger partial charge on any atom is 0.412 e. The molecule has 1 spiro atoms. The summed E-state index contributed by atoms with van der Waals surface area (Å²) in [5.41, 5.74) is 2.04. The molecular formula is C21H25N3O5. The lowest BCUT2D eigenvalue weighted by Gasteiger charge is -2.56. The van der Waals surface area contributed by atoms with Crippen LogP contribution in [0.3, 0.4) is 0 Å². The Kier molecular flexibility index (Phi) is 4.03. The molecule has 1 saturated heterocycles. The van der Waals surface area contributed by atoms with Gasteiger partial charge in [-0.2, -0.15) is 0 Å². The molecule has 1 aromatic rings. The van der Waals surface area contributed by atoms with Crippen molar-refractivity contribution in [1.82, 2.24) is 15.5 Å². The molecule has 8 nitrogen and oxygen atoms in total. The summed E-state index contributed by atoms with van der Waals surface area (Å²) >= 11 is 0. The third-order valence-electron chi connectivity index (χ3n) is 6.97. The fraction of sp³-hybridized carbons (Fsp3) is 0.524. The number of hydrogen-bond acceptors (Lipinski definition) is 6. The fourth-order valence-electron chi connectivity index (χ4n) is 5.72. The van der Waals surface area contributed by atoms with Crippen LogP contribution >= 0.6 is 0 Å². The molecule has 4 aliphatic rings. The van der Waals surface area contributed by atoms with Crippen LogP contribution in [0.4, 0.5) is 9.59 Å². The number of rotatable bonds is 2. The van der Waals surface area contributed by atoms with Gasteiger partial charge in [-0.15, -0.1) is 0 Å². The highest BCUT2D eigenvalue weighted by Gasteiger charge is 2.65. The number of hydrogen-bond donors (Lipinski definition) is 2.